The summed E-state index contributed by atoms with van der Waals surface area (Å²) in [5, 5.41) is 0. The van der Waals surface area contributed by atoms with Crippen LogP contribution in [-0.4, -0.2) is 42.3 Å². The number of hydrogen-bond donors (Lipinski definition) is 1. The highest BCUT2D eigenvalue weighted by Crippen LogP contribution is 2.41. The second kappa shape index (κ2) is 3.19. The van der Waals surface area contributed by atoms with Crippen LogP contribution >= 0.6 is 0 Å². The summed E-state index contributed by atoms with van der Waals surface area (Å²) in [7, 11) is 0. The van der Waals surface area contributed by atoms with Gasteiger partial charge in [0.15, 0.2) is 0 Å². The van der Waals surface area contributed by atoms with E-state index in [0.29, 0.717) is 11.6 Å². The molecule has 3 fully saturated rings. The van der Waals surface area contributed by atoms with Crippen molar-refractivity contribution in [3.63, 3.8) is 0 Å². The number of ether oxygens (including phenoxy) is 1. The summed E-state index contributed by atoms with van der Waals surface area (Å²) in [6.07, 6.45) is 6.37. The van der Waals surface area contributed by atoms with Crippen LogP contribution in [-0.2, 0) is 4.74 Å². The Morgan fingerprint density at radius 1 is 1.29 bits per heavy atom. The van der Waals surface area contributed by atoms with Crippen molar-refractivity contribution in [2.75, 3.05) is 19.8 Å². The van der Waals surface area contributed by atoms with Gasteiger partial charge in [-0.1, -0.05) is 0 Å². The molecule has 0 aromatic heterocycles. The molecule has 1 unspecified atom stereocenters. The third-order valence-corrected chi connectivity index (χ3v) is 4.32. The molecule has 80 valence electrons. The van der Waals surface area contributed by atoms with E-state index in [0.717, 1.165) is 19.3 Å². The number of nitrogens with two attached hydrogens (primary N) is 1. The van der Waals surface area contributed by atoms with Gasteiger partial charge in [0.1, 0.15) is 0 Å². The highest BCUT2D eigenvalue weighted by molar-refractivity contribution is 5.04. The van der Waals surface area contributed by atoms with Gasteiger partial charge in [0.25, 0.3) is 0 Å². The van der Waals surface area contributed by atoms with Crippen LogP contribution in [0.3, 0.4) is 0 Å². The highest BCUT2D eigenvalue weighted by Gasteiger charge is 2.48. The molecule has 3 nitrogen and oxygen atoms in total. The van der Waals surface area contributed by atoms with Gasteiger partial charge < -0.3 is 10.5 Å². The molecule has 0 amide bonds. The Labute approximate surface area is 85.6 Å². The molecule has 2 saturated heterocycles. The van der Waals surface area contributed by atoms with Crippen LogP contribution in [0.25, 0.3) is 0 Å². The van der Waals surface area contributed by atoms with Gasteiger partial charge in [-0.2, -0.15) is 0 Å². The molecule has 1 spiro atoms. The summed E-state index contributed by atoms with van der Waals surface area (Å²) in [6.45, 7) is 3.22. The van der Waals surface area contributed by atoms with E-state index >= 15 is 0 Å². The van der Waals surface area contributed by atoms with Crippen molar-refractivity contribution in [3.8, 4) is 0 Å². The van der Waals surface area contributed by atoms with Crippen LogP contribution in [0, 0.1) is 0 Å². The van der Waals surface area contributed by atoms with Gasteiger partial charge in [-0.05, 0) is 38.6 Å². The smallest absolute Gasteiger partial charge is 0.0651 e. The lowest BCUT2D eigenvalue weighted by atomic mass is 9.83. The van der Waals surface area contributed by atoms with Gasteiger partial charge in [0.2, 0.25) is 0 Å². The zero-order valence-electron chi connectivity index (χ0n) is 8.74. The summed E-state index contributed by atoms with van der Waals surface area (Å²) in [5.74, 6) is 0. The lowest BCUT2D eigenvalue weighted by Gasteiger charge is -2.46. The quantitative estimate of drug-likeness (QED) is 0.672. The van der Waals surface area contributed by atoms with Crippen LogP contribution in [0.15, 0.2) is 0 Å². The zero-order valence-corrected chi connectivity index (χ0v) is 8.74. The third kappa shape index (κ3) is 1.23. The van der Waals surface area contributed by atoms with Crippen molar-refractivity contribution in [1.29, 1.82) is 0 Å². The molecule has 1 atom stereocenters. The van der Waals surface area contributed by atoms with Gasteiger partial charge in [-0.15, -0.1) is 0 Å². The maximum Gasteiger partial charge on any atom is 0.0651 e. The van der Waals surface area contributed by atoms with E-state index in [1.54, 1.807) is 0 Å². The first-order chi connectivity index (χ1) is 6.80. The summed E-state index contributed by atoms with van der Waals surface area (Å²) in [6, 6.07) is 1.24. The monoisotopic (exact) mass is 196 g/mol. The molecule has 1 saturated carbocycles. The molecule has 3 rings (SSSR count). The van der Waals surface area contributed by atoms with Crippen LogP contribution in [0.1, 0.15) is 32.1 Å². The van der Waals surface area contributed by atoms with E-state index in [4.69, 9.17) is 10.5 Å². The predicted molar refractivity (Wildman–Crippen MR) is 55.1 cm³/mol. The number of rotatable bonds is 1. The molecule has 0 bridgehead atoms. The lowest BCUT2D eigenvalue weighted by Crippen LogP contribution is -2.57. The summed E-state index contributed by atoms with van der Waals surface area (Å²) >= 11 is 0. The van der Waals surface area contributed by atoms with E-state index in [9.17, 15) is 0 Å². The van der Waals surface area contributed by atoms with Crippen molar-refractivity contribution in [2.24, 2.45) is 5.73 Å². The molecular formula is C11H20N2O. The Morgan fingerprint density at radius 2 is 2.14 bits per heavy atom. The van der Waals surface area contributed by atoms with Crippen molar-refractivity contribution in [3.05, 3.63) is 0 Å². The van der Waals surface area contributed by atoms with Crippen LogP contribution in [0.5, 0.6) is 0 Å². The Morgan fingerprint density at radius 3 is 2.79 bits per heavy atom. The number of nitrogens with zero attached hydrogens (tertiary/aromatic N) is 1. The van der Waals surface area contributed by atoms with Crippen LogP contribution < -0.4 is 5.73 Å². The molecule has 0 radical (unpaired) electrons. The first kappa shape index (κ1) is 9.13. The number of likely N-dealkylation sites (tertiary alicyclic amines) is 1. The van der Waals surface area contributed by atoms with E-state index < -0.39 is 0 Å². The van der Waals surface area contributed by atoms with Gasteiger partial charge >= 0.3 is 0 Å². The molecule has 2 aliphatic heterocycles. The Bertz CT molecular complexity index is 214. The molecule has 0 aromatic rings. The summed E-state index contributed by atoms with van der Waals surface area (Å²) in [5.41, 5.74) is 6.29. The topological polar surface area (TPSA) is 38.5 Å². The van der Waals surface area contributed by atoms with Crippen molar-refractivity contribution in [2.45, 2.75) is 49.7 Å². The molecule has 1 aliphatic carbocycles. The SMILES string of the molecule is NC1CC(N2CCCC23CCOC3)C1. The van der Waals surface area contributed by atoms with Gasteiger partial charge in [0.05, 0.1) is 6.61 Å². The van der Waals surface area contributed by atoms with Gasteiger partial charge in [0, 0.05) is 24.2 Å². The number of hydrogen-bond acceptors (Lipinski definition) is 3. The molecule has 14 heavy (non-hydrogen) atoms. The molecule has 0 aromatic carbocycles. The lowest BCUT2D eigenvalue weighted by molar-refractivity contribution is 0.0259. The van der Waals surface area contributed by atoms with Gasteiger partial charge in [-0.3, -0.25) is 4.90 Å². The summed E-state index contributed by atoms with van der Waals surface area (Å²) in [4.78, 5) is 2.71. The first-order valence-corrected chi connectivity index (χ1v) is 5.90. The third-order valence-electron chi connectivity index (χ3n) is 4.32. The second-order valence-electron chi connectivity index (χ2n) is 5.21. The van der Waals surface area contributed by atoms with E-state index in [1.165, 1.54) is 38.6 Å². The molecule has 3 aliphatic rings. The van der Waals surface area contributed by atoms with Gasteiger partial charge in [-0.25, -0.2) is 0 Å². The summed E-state index contributed by atoms with van der Waals surface area (Å²) < 4.78 is 5.59. The Hall–Kier alpha value is -0.120. The standard InChI is InChI=1S/C11H20N2O/c12-9-6-10(7-9)13-4-1-2-11(13)3-5-14-8-11/h9-10H,1-8,12H2. The second-order valence-corrected chi connectivity index (χ2v) is 5.21. The average molecular weight is 196 g/mol. The largest absolute Gasteiger partial charge is 0.379 e. The molecule has 2 N–H and O–H groups in total. The molecular weight excluding hydrogens is 176 g/mol. The maximum absolute atomic E-state index is 5.87. The minimum absolute atomic E-state index is 0.421. The van der Waals surface area contributed by atoms with Crippen molar-refractivity contribution < 1.29 is 4.74 Å². The average Bonchev–Trinajstić information content (AvgIpc) is 2.72. The van der Waals surface area contributed by atoms with Crippen molar-refractivity contribution in [1.82, 2.24) is 4.90 Å². The molecule has 2 heterocycles. The highest BCUT2D eigenvalue weighted by atomic mass is 16.5. The zero-order chi connectivity index (χ0) is 9.60. The fraction of sp³-hybridized carbons (Fsp3) is 1.00. The minimum atomic E-state index is 0.421. The van der Waals surface area contributed by atoms with Crippen LogP contribution in [0.4, 0.5) is 0 Å². The van der Waals surface area contributed by atoms with Crippen molar-refractivity contribution >= 4 is 0 Å². The minimum Gasteiger partial charge on any atom is -0.379 e. The fourth-order valence-corrected chi connectivity index (χ4v) is 3.43. The molecule has 3 heteroatoms. The normalized spacial score (nSPS) is 48.6. The van der Waals surface area contributed by atoms with E-state index in [-0.39, 0.29) is 0 Å². The fourth-order valence-electron chi connectivity index (χ4n) is 3.43. The predicted octanol–water partition coefficient (Wildman–Crippen LogP) is 0.731. The maximum atomic E-state index is 5.87. The Kier molecular flexibility index (Phi) is 2.08. The Balaban J connectivity index is 1.72. The van der Waals surface area contributed by atoms with E-state index in [1.807, 2.05) is 0 Å². The van der Waals surface area contributed by atoms with E-state index in [2.05, 4.69) is 4.90 Å². The first-order valence-electron chi connectivity index (χ1n) is 5.90. The van der Waals surface area contributed by atoms with Crippen LogP contribution in [0.2, 0.25) is 0 Å².